The first-order valence-electron chi connectivity index (χ1n) is 6.31. The Kier molecular flexibility index (Phi) is 3.17. The zero-order valence-electron chi connectivity index (χ0n) is 10.9. The number of carboxylic acids is 1. The monoisotopic (exact) mass is 287 g/mol. The molecule has 0 atom stereocenters. The van der Waals surface area contributed by atoms with E-state index in [1.807, 2.05) is 0 Å². The standard InChI is InChI=1S/C16H11F2NO2/c17-13-2-1-3-14(18)12(13)9-19-7-6-10-8-11(16(20)21)4-5-15(10)19/h1-8H,9H2,(H,20,21). The summed E-state index contributed by atoms with van der Waals surface area (Å²) in [6, 6.07) is 10.1. The summed E-state index contributed by atoms with van der Waals surface area (Å²) in [6.45, 7) is 0.0500. The van der Waals surface area contributed by atoms with Gasteiger partial charge in [-0.25, -0.2) is 13.6 Å². The third-order valence-electron chi connectivity index (χ3n) is 3.41. The van der Waals surface area contributed by atoms with Crippen LogP contribution < -0.4 is 0 Å². The maximum absolute atomic E-state index is 13.7. The Balaban J connectivity index is 2.04. The number of carboxylic acid groups (broad SMARTS) is 1. The molecular formula is C16H11F2NO2. The molecule has 3 nitrogen and oxygen atoms in total. The Morgan fingerprint density at radius 1 is 1.10 bits per heavy atom. The van der Waals surface area contributed by atoms with Gasteiger partial charge in [0.2, 0.25) is 0 Å². The van der Waals surface area contributed by atoms with Crippen LogP contribution in [-0.4, -0.2) is 15.6 Å². The van der Waals surface area contributed by atoms with Gasteiger partial charge in [-0.1, -0.05) is 6.07 Å². The van der Waals surface area contributed by atoms with Crippen molar-refractivity contribution in [3.63, 3.8) is 0 Å². The highest BCUT2D eigenvalue weighted by molar-refractivity contribution is 5.93. The van der Waals surface area contributed by atoms with E-state index >= 15 is 0 Å². The first-order chi connectivity index (χ1) is 10.1. The molecule has 106 valence electrons. The molecule has 1 aromatic heterocycles. The molecule has 3 rings (SSSR count). The molecule has 0 radical (unpaired) electrons. The van der Waals surface area contributed by atoms with Gasteiger partial charge in [0.15, 0.2) is 0 Å². The maximum atomic E-state index is 13.7. The Bertz CT molecular complexity index is 819. The number of aromatic carboxylic acids is 1. The Labute approximate surface area is 119 Å². The minimum absolute atomic E-state index is 0.0164. The van der Waals surface area contributed by atoms with Gasteiger partial charge in [0.25, 0.3) is 0 Å². The SMILES string of the molecule is O=C(O)c1ccc2c(ccn2Cc2c(F)cccc2F)c1. The first kappa shape index (κ1) is 13.3. The minimum Gasteiger partial charge on any atom is -0.478 e. The van der Waals surface area contributed by atoms with Crippen molar-refractivity contribution in [1.82, 2.24) is 4.57 Å². The van der Waals surface area contributed by atoms with Crippen molar-refractivity contribution in [3.05, 3.63) is 71.4 Å². The van der Waals surface area contributed by atoms with Crippen LogP contribution in [0.15, 0.2) is 48.7 Å². The summed E-state index contributed by atoms with van der Waals surface area (Å²) in [5, 5.41) is 9.67. The fourth-order valence-electron chi connectivity index (χ4n) is 2.32. The molecule has 0 amide bonds. The van der Waals surface area contributed by atoms with E-state index in [1.165, 1.54) is 30.3 Å². The zero-order chi connectivity index (χ0) is 15.0. The number of nitrogens with zero attached hydrogens (tertiary/aromatic N) is 1. The number of benzene rings is 2. The highest BCUT2D eigenvalue weighted by Crippen LogP contribution is 2.21. The van der Waals surface area contributed by atoms with Crippen molar-refractivity contribution >= 4 is 16.9 Å². The van der Waals surface area contributed by atoms with Gasteiger partial charge in [0, 0.05) is 22.7 Å². The van der Waals surface area contributed by atoms with E-state index in [-0.39, 0.29) is 17.7 Å². The lowest BCUT2D eigenvalue weighted by atomic mass is 10.1. The fourth-order valence-corrected chi connectivity index (χ4v) is 2.32. The van der Waals surface area contributed by atoms with Crippen molar-refractivity contribution < 1.29 is 18.7 Å². The van der Waals surface area contributed by atoms with Crippen LogP contribution in [0.2, 0.25) is 0 Å². The van der Waals surface area contributed by atoms with Crippen molar-refractivity contribution in [3.8, 4) is 0 Å². The van der Waals surface area contributed by atoms with Gasteiger partial charge < -0.3 is 9.67 Å². The first-order valence-corrected chi connectivity index (χ1v) is 6.31. The molecule has 5 heteroatoms. The van der Waals surface area contributed by atoms with Crippen LogP contribution in [0.25, 0.3) is 10.9 Å². The molecule has 0 saturated heterocycles. The lowest BCUT2D eigenvalue weighted by molar-refractivity contribution is 0.0697. The third-order valence-corrected chi connectivity index (χ3v) is 3.41. The normalized spacial score (nSPS) is 11.0. The number of hydrogen-bond acceptors (Lipinski definition) is 1. The summed E-state index contributed by atoms with van der Waals surface area (Å²) in [7, 11) is 0. The van der Waals surface area contributed by atoms with Crippen molar-refractivity contribution in [2.45, 2.75) is 6.54 Å². The van der Waals surface area contributed by atoms with E-state index in [0.29, 0.717) is 5.39 Å². The predicted molar refractivity (Wildman–Crippen MR) is 74.4 cm³/mol. The van der Waals surface area contributed by atoms with Crippen LogP contribution in [0.1, 0.15) is 15.9 Å². The van der Waals surface area contributed by atoms with E-state index in [4.69, 9.17) is 5.11 Å². The average molecular weight is 287 g/mol. The second kappa shape index (κ2) is 5.01. The Morgan fingerprint density at radius 3 is 2.48 bits per heavy atom. The van der Waals surface area contributed by atoms with Crippen LogP contribution >= 0.6 is 0 Å². The lowest BCUT2D eigenvalue weighted by Gasteiger charge is -2.08. The number of aromatic nitrogens is 1. The van der Waals surface area contributed by atoms with Crippen LogP contribution in [0.5, 0.6) is 0 Å². The molecule has 0 aliphatic carbocycles. The predicted octanol–water partition coefficient (Wildman–Crippen LogP) is 3.67. The van der Waals surface area contributed by atoms with Gasteiger partial charge in [-0.2, -0.15) is 0 Å². The van der Waals surface area contributed by atoms with Gasteiger partial charge in [0.05, 0.1) is 12.1 Å². The summed E-state index contributed by atoms with van der Waals surface area (Å²) in [5.41, 5.74) is 0.886. The molecule has 2 aromatic carbocycles. The quantitative estimate of drug-likeness (QED) is 0.798. The number of carbonyl (C=O) groups is 1. The summed E-state index contributed by atoms with van der Waals surface area (Å²) >= 11 is 0. The molecule has 0 spiro atoms. The van der Waals surface area contributed by atoms with Crippen LogP contribution in [0, 0.1) is 11.6 Å². The molecule has 21 heavy (non-hydrogen) atoms. The Hall–Kier alpha value is -2.69. The van der Waals surface area contributed by atoms with Crippen LogP contribution in [0.3, 0.4) is 0 Å². The number of hydrogen-bond donors (Lipinski definition) is 1. The van der Waals surface area contributed by atoms with Crippen molar-refractivity contribution in [2.75, 3.05) is 0 Å². The molecule has 1 N–H and O–H groups in total. The molecule has 0 saturated carbocycles. The number of halogens is 2. The maximum Gasteiger partial charge on any atom is 0.335 e. The summed E-state index contributed by atoms with van der Waals surface area (Å²) in [5.74, 6) is -2.21. The van der Waals surface area contributed by atoms with Gasteiger partial charge in [0.1, 0.15) is 11.6 Å². The summed E-state index contributed by atoms with van der Waals surface area (Å²) in [4.78, 5) is 10.9. The highest BCUT2D eigenvalue weighted by atomic mass is 19.1. The molecular weight excluding hydrogens is 276 g/mol. The second-order valence-electron chi connectivity index (χ2n) is 4.72. The molecule has 3 aromatic rings. The van der Waals surface area contributed by atoms with Gasteiger partial charge in [-0.05, 0) is 36.4 Å². The minimum atomic E-state index is -1.01. The largest absolute Gasteiger partial charge is 0.478 e. The second-order valence-corrected chi connectivity index (χ2v) is 4.72. The highest BCUT2D eigenvalue weighted by Gasteiger charge is 2.11. The van der Waals surface area contributed by atoms with E-state index < -0.39 is 17.6 Å². The van der Waals surface area contributed by atoms with E-state index in [9.17, 15) is 13.6 Å². The molecule has 0 bridgehead atoms. The number of rotatable bonds is 3. The van der Waals surface area contributed by atoms with Crippen LogP contribution in [-0.2, 0) is 6.54 Å². The van der Waals surface area contributed by atoms with Crippen LogP contribution in [0.4, 0.5) is 8.78 Å². The Morgan fingerprint density at radius 2 is 1.81 bits per heavy atom. The van der Waals surface area contributed by atoms with E-state index in [0.717, 1.165) is 5.52 Å². The number of fused-ring (bicyclic) bond motifs is 1. The lowest BCUT2D eigenvalue weighted by Crippen LogP contribution is -2.03. The molecule has 1 heterocycles. The summed E-state index contributed by atoms with van der Waals surface area (Å²) < 4.78 is 29.0. The smallest absolute Gasteiger partial charge is 0.335 e. The summed E-state index contributed by atoms with van der Waals surface area (Å²) in [6.07, 6.45) is 1.68. The zero-order valence-corrected chi connectivity index (χ0v) is 10.9. The fraction of sp³-hybridized carbons (Fsp3) is 0.0625. The molecule has 0 aliphatic heterocycles. The topological polar surface area (TPSA) is 42.2 Å². The van der Waals surface area contributed by atoms with E-state index in [1.54, 1.807) is 22.9 Å². The third kappa shape index (κ3) is 2.38. The van der Waals surface area contributed by atoms with Gasteiger partial charge in [-0.3, -0.25) is 0 Å². The molecule has 0 aliphatic rings. The molecule has 0 unspecified atom stereocenters. The van der Waals surface area contributed by atoms with Crippen molar-refractivity contribution in [2.24, 2.45) is 0 Å². The van der Waals surface area contributed by atoms with Crippen molar-refractivity contribution in [1.29, 1.82) is 0 Å². The molecule has 0 fully saturated rings. The van der Waals surface area contributed by atoms with E-state index in [2.05, 4.69) is 0 Å². The van der Waals surface area contributed by atoms with Gasteiger partial charge >= 0.3 is 5.97 Å². The van der Waals surface area contributed by atoms with Gasteiger partial charge in [-0.15, -0.1) is 0 Å². The average Bonchev–Trinajstić information content (AvgIpc) is 2.85.